The molecule has 0 amide bonds. The average Bonchev–Trinajstić information content (AvgIpc) is 2.69. The van der Waals surface area contributed by atoms with Crippen LogP contribution in [-0.2, 0) is 6.42 Å². The summed E-state index contributed by atoms with van der Waals surface area (Å²) in [6.07, 6.45) is 2.41. The molecule has 1 nitrogen and oxygen atoms in total. The van der Waals surface area contributed by atoms with Crippen molar-refractivity contribution in [2.24, 2.45) is 5.92 Å². The lowest BCUT2D eigenvalue weighted by Crippen LogP contribution is -2.33. The Morgan fingerprint density at radius 2 is 2.21 bits per heavy atom. The third-order valence-electron chi connectivity index (χ3n) is 2.96. The van der Waals surface area contributed by atoms with Crippen molar-refractivity contribution in [3.63, 3.8) is 0 Å². The van der Waals surface area contributed by atoms with E-state index in [9.17, 15) is 0 Å². The number of nitrogens with one attached hydrogen (secondary N) is 1. The van der Waals surface area contributed by atoms with Crippen molar-refractivity contribution in [2.45, 2.75) is 39.7 Å². The molecule has 2 heteroatoms. The zero-order chi connectivity index (χ0) is 10.4. The van der Waals surface area contributed by atoms with E-state index in [-0.39, 0.29) is 0 Å². The maximum atomic E-state index is 3.58. The molecule has 1 aromatic rings. The number of thiophene rings is 1. The highest BCUT2D eigenvalue weighted by molar-refractivity contribution is 7.07. The fourth-order valence-corrected chi connectivity index (χ4v) is 2.14. The van der Waals surface area contributed by atoms with Gasteiger partial charge >= 0.3 is 0 Å². The van der Waals surface area contributed by atoms with Crippen LogP contribution in [0.1, 0.15) is 32.8 Å². The van der Waals surface area contributed by atoms with Gasteiger partial charge in [-0.25, -0.2) is 0 Å². The minimum atomic E-state index is 0.638. The van der Waals surface area contributed by atoms with Gasteiger partial charge in [-0.1, -0.05) is 20.3 Å². The molecule has 0 aromatic carbocycles. The van der Waals surface area contributed by atoms with E-state index in [0.717, 1.165) is 18.9 Å². The zero-order valence-electron chi connectivity index (χ0n) is 9.42. The molecule has 0 aliphatic carbocycles. The van der Waals surface area contributed by atoms with Gasteiger partial charge in [0.15, 0.2) is 0 Å². The molecule has 1 rings (SSSR count). The SMILES string of the molecule is CCC(C)C(C)NCCc1ccsc1. The Morgan fingerprint density at radius 1 is 1.43 bits per heavy atom. The molecule has 0 aliphatic rings. The molecule has 1 aromatic heterocycles. The Morgan fingerprint density at radius 3 is 2.79 bits per heavy atom. The highest BCUT2D eigenvalue weighted by atomic mass is 32.1. The fraction of sp³-hybridized carbons (Fsp3) is 0.667. The van der Waals surface area contributed by atoms with E-state index in [0.29, 0.717) is 6.04 Å². The summed E-state index contributed by atoms with van der Waals surface area (Å²) in [6.45, 7) is 7.94. The Kier molecular flexibility index (Phi) is 5.20. The summed E-state index contributed by atoms with van der Waals surface area (Å²) in [6, 6.07) is 2.85. The highest BCUT2D eigenvalue weighted by Crippen LogP contribution is 2.08. The second-order valence-electron chi connectivity index (χ2n) is 4.01. The predicted octanol–water partition coefficient (Wildman–Crippen LogP) is 3.31. The van der Waals surface area contributed by atoms with Crippen molar-refractivity contribution in [1.82, 2.24) is 5.32 Å². The molecule has 2 unspecified atom stereocenters. The van der Waals surface area contributed by atoms with Gasteiger partial charge in [0.1, 0.15) is 0 Å². The van der Waals surface area contributed by atoms with Crippen LogP contribution in [0, 0.1) is 5.92 Å². The molecule has 0 radical (unpaired) electrons. The third kappa shape index (κ3) is 3.81. The van der Waals surface area contributed by atoms with Crippen LogP contribution in [0.4, 0.5) is 0 Å². The molecule has 0 spiro atoms. The van der Waals surface area contributed by atoms with Gasteiger partial charge in [-0.2, -0.15) is 11.3 Å². The quantitative estimate of drug-likeness (QED) is 0.761. The van der Waals surface area contributed by atoms with Crippen LogP contribution in [0.25, 0.3) is 0 Å². The van der Waals surface area contributed by atoms with Crippen LogP contribution in [0.5, 0.6) is 0 Å². The third-order valence-corrected chi connectivity index (χ3v) is 3.69. The minimum Gasteiger partial charge on any atom is -0.314 e. The van der Waals surface area contributed by atoms with Crippen molar-refractivity contribution < 1.29 is 0 Å². The maximum Gasteiger partial charge on any atom is 0.00643 e. The Balaban J connectivity index is 2.15. The summed E-state index contributed by atoms with van der Waals surface area (Å²) in [5, 5.41) is 7.95. The number of rotatable bonds is 6. The van der Waals surface area contributed by atoms with Crippen LogP contribution in [0.15, 0.2) is 16.8 Å². The van der Waals surface area contributed by atoms with Gasteiger partial charge in [0.2, 0.25) is 0 Å². The summed E-state index contributed by atoms with van der Waals surface area (Å²) in [5.74, 6) is 0.775. The van der Waals surface area contributed by atoms with Gasteiger partial charge in [-0.3, -0.25) is 0 Å². The molecule has 2 atom stereocenters. The van der Waals surface area contributed by atoms with Gasteiger partial charge < -0.3 is 5.32 Å². The number of hydrogen-bond donors (Lipinski definition) is 1. The summed E-state index contributed by atoms with van der Waals surface area (Å²) in [7, 11) is 0. The van der Waals surface area contributed by atoms with E-state index in [2.05, 4.69) is 42.9 Å². The first kappa shape index (κ1) is 11.7. The average molecular weight is 211 g/mol. The lowest BCUT2D eigenvalue weighted by molar-refractivity contribution is 0.393. The monoisotopic (exact) mass is 211 g/mol. The highest BCUT2D eigenvalue weighted by Gasteiger charge is 2.08. The standard InChI is InChI=1S/C12H21NS/c1-4-10(2)11(3)13-7-5-12-6-8-14-9-12/h6,8-11,13H,4-5,7H2,1-3H3. The first-order valence-electron chi connectivity index (χ1n) is 5.48. The van der Waals surface area contributed by atoms with Crippen molar-refractivity contribution in [3.8, 4) is 0 Å². The summed E-state index contributed by atoms with van der Waals surface area (Å²) in [4.78, 5) is 0. The topological polar surface area (TPSA) is 12.0 Å². The number of hydrogen-bond acceptors (Lipinski definition) is 2. The van der Waals surface area contributed by atoms with Gasteiger partial charge in [0.05, 0.1) is 0 Å². The van der Waals surface area contributed by atoms with Crippen LogP contribution < -0.4 is 5.32 Å². The second kappa shape index (κ2) is 6.20. The van der Waals surface area contributed by atoms with Crippen LogP contribution in [0.2, 0.25) is 0 Å². The van der Waals surface area contributed by atoms with E-state index in [1.54, 1.807) is 11.3 Å². The summed E-state index contributed by atoms with van der Waals surface area (Å²) in [5.41, 5.74) is 1.46. The van der Waals surface area contributed by atoms with E-state index in [1.807, 2.05) is 0 Å². The van der Waals surface area contributed by atoms with Gasteiger partial charge in [-0.15, -0.1) is 0 Å². The lowest BCUT2D eigenvalue weighted by atomic mass is 10.0. The van der Waals surface area contributed by atoms with Gasteiger partial charge in [-0.05, 0) is 48.2 Å². The summed E-state index contributed by atoms with van der Waals surface area (Å²) < 4.78 is 0. The smallest absolute Gasteiger partial charge is 0.00643 e. The molecule has 0 bridgehead atoms. The molecule has 0 aliphatic heterocycles. The van der Waals surface area contributed by atoms with Crippen molar-refractivity contribution in [3.05, 3.63) is 22.4 Å². The van der Waals surface area contributed by atoms with Crippen LogP contribution in [0.3, 0.4) is 0 Å². The zero-order valence-corrected chi connectivity index (χ0v) is 10.2. The maximum absolute atomic E-state index is 3.58. The van der Waals surface area contributed by atoms with Crippen molar-refractivity contribution >= 4 is 11.3 Å². The molecule has 1 N–H and O–H groups in total. The van der Waals surface area contributed by atoms with E-state index >= 15 is 0 Å². The molecule has 0 saturated heterocycles. The molecule has 1 heterocycles. The van der Waals surface area contributed by atoms with Gasteiger partial charge in [0, 0.05) is 6.04 Å². The Hall–Kier alpha value is -0.340. The Bertz CT molecular complexity index is 230. The second-order valence-corrected chi connectivity index (χ2v) is 4.79. The summed E-state index contributed by atoms with van der Waals surface area (Å²) >= 11 is 1.78. The fourth-order valence-electron chi connectivity index (χ4n) is 1.43. The van der Waals surface area contributed by atoms with Crippen molar-refractivity contribution in [2.75, 3.05) is 6.54 Å². The lowest BCUT2D eigenvalue weighted by Gasteiger charge is -2.19. The normalized spacial score (nSPS) is 15.4. The molecular weight excluding hydrogens is 190 g/mol. The molecule has 0 saturated carbocycles. The largest absolute Gasteiger partial charge is 0.314 e. The van der Waals surface area contributed by atoms with Crippen molar-refractivity contribution in [1.29, 1.82) is 0 Å². The first-order valence-corrected chi connectivity index (χ1v) is 6.42. The van der Waals surface area contributed by atoms with Crippen LogP contribution >= 0.6 is 11.3 Å². The molecule has 14 heavy (non-hydrogen) atoms. The van der Waals surface area contributed by atoms with Gasteiger partial charge in [0.25, 0.3) is 0 Å². The first-order chi connectivity index (χ1) is 6.74. The predicted molar refractivity (Wildman–Crippen MR) is 64.9 cm³/mol. The van der Waals surface area contributed by atoms with E-state index in [1.165, 1.54) is 12.0 Å². The van der Waals surface area contributed by atoms with E-state index < -0.39 is 0 Å². The minimum absolute atomic E-state index is 0.638. The molecular formula is C12H21NS. The van der Waals surface area contributed by atoms with E-state index in [4.69, 9.17) is 0 Å². The Labute approximate surface area is 91.5 Å². The van der Waals surface area contributed by atoms with Crippen LogP contribution in [-0.4, -0.2) is 12.6 Å². The molecule has 80 valence electrons. The molecule has 0 fully saturated rings.